The Morgan fingerprint density at radius 3 is 2.50 bits per heavy atom. The first kappa shape index (κ1) is 26.1. The highest BCUT2D eigenvalue weighted by Crippen LogP contribution is 2.48. The minimum absolute atomic E-state index is 0.0603. The minimum Gasteiger partial charge on any atom is -0.493 e. The van der Waals surface area contributed by atoms with Gasteiger partial charge in [-0.2, -0.15) is 0 Å². The molecule has 0 aromatic heterocycles. The predicted molar refractivity (Wildman–Crippen MR) is 140 cm³/mol. The molecule has 3 aliphatic heterocycles. The van der Waals surface area contributed by atoms with Gasteiger partial charge < -0.3 is 28.9 Å². The van der Waals surface area contributed by atoms with Gasteiger partial charge in [0, 0.05) is 37.4 Å². The summed E-state index contributed by atoms with van der Waals surface area (Å²) in [7, 11) is 5.22. The van der Waals surface area contributed by atoms with E-state index < -0.39 is 12.0 Å². The van der Waals surface area contributed by atoms with E-state index in [1.54, 1.807) is 14.2 Å². The van der Waals surface area contributed by atoms with Crippen LogP contribution in [0.4, 0.5) is 0 Å². The molecule has 10 heteroatoms. The van der Waals surface area contributed by atoms with Crippen LogP contribution >= 0.6 is 11.8 Å². The summed E-state index contributed by atoms with van der Waals surface area (Å²) < 4.78 is 17.0. The zero-order valence-corrected chi connectivity index (χ0v) is 22.6. The Morgan fingerprint density at radius 2 is 1.86 bits per heavy atom. The van der Waals surface area contributed by atoms with E-state index in [-0.39, 0.29) is 18.4 Å². The van der Waals surface area contributed by atoms with Gasteiger partial charge in [-0.15, -0.1) is 0 Å². The van der Waals surface area contributed by atoms with Gasteiger partial charge in [0.15, 0.2) is 16.7 Å². The number of nitrogens with zero attached hydrogens (tertiary/aromatic N) is 4. The molecule has 36 heavy (non-hydrogen) atoms. The Kier molecular flexibility index (Phi) is 7.94. The van der Waals surface area contributed by atoms with E-state index in [0.29, 0.717) is 41.0 Å². The van der Waals surface area contributed by atoms with Crippen LogP contribution in [0.25, 0.3) is 0 Å². The number of hydrogen-bond donors (Lipinski definition) is 0. The van der Waals surface area contributed by atoms with Gasteiger partial charge in [0.25, 0.3) is 0 Å². The number of amidine groups is 1. The maximum absolute atomic E-state index is 13.4. The van der Waals surface area contributed by atoms with Gasteiger partial charge in [-0.3, -0.25) is 4.79 Å². The Labute approximate surface area is 216 Å². The number of ether oxygens (including phenoxy) is 3. The number of carbonyl (C=O) groups is 2. The van der Waals surface area contributed by atoms with Crippen LogP contribution in [0, 0.1) is 0 Å². The predicted octanol–water partition coefficient (Wildman–Crippen LogP) is 3.39. The van der Waals surface area contributed by atoms with Crippen molar-refractivity contribution in [1.82, 2.24) is 14.7 Å². The molecule has 4 rings (SSSR count). The number of esters is 1. The highest BCUT2D eigenvalue weighted by Gasteiger charge is 2.43. The van der Waals surface area contributed by atoms with E-state index in [9.17, 15) is 9.59 Å². The highest BCUT2D eigenvalue weighted by molar-refractivity contribution is 8.16. The molecule has 1 aromatic rings. The fourth-order valence-electron chi connectivity index (χ4n) is 4.65. The van der Waals surface area contributed by atoms with Gasteiger partial charge in [-0.25, -0.2) is 9.79 Å². The Balaban J connectivity index is 1.75. The van der Waals surface area contributed by atoms with E-state index in [1.807, 2.05) is 54.2 Å². The van der Waals surface area contributed by atoms with E-state index in [1.165, 1.54) is 11.8 Å². The van der Waals surface area contributed by atoms with Crippen LogP contribution in [0.3, 0.4) is 0 Å². The third-order valence-corrected chi connectivity index (χ3v) is 7.37. The lowest BCUT2D eigenvalue weighted by Gasteiger charge is -2.38. The van der Waals surface area contributed by atoms with Gasteiger partial charge in [-0.1, -0.05) is 23.9 Å². The number of thioether (sulfide) groups is 1. The number of hydrogen-bond acceptors (Lipinski definition) is 9. The SMILES string of the molecule is COc1cccc(C2C(C(=O)OC(C)C)=C(C)N=C3SC=C(CC(=O)N4CCN(C)CC4)N32)c1OC. The lowest BCUT2D eigenvalue weighted by atomic mass is 9.92. The molecule has 1 aromatic carbocycles. The zero-order chi connectivity index (χ0) is 26.0. The second-order valence-corrected chi connectivity index (χ2v) is 10.1. The van der Waals surface area contributed by atoms with E-state index in [2.05, 4.69) is 11.9 Å². The molecule has 0 aliphatic carbocycles. The maximum atomic E-state index is 13.4. The van der Waals surface area contributed by atoms with Crippen molar-refractivity contribution >= 4 is 28.8 Å². The van der Waals surface area contributed by atoms with Crippen molar-refractivity contribution in [1.29, 1.82) is 0 Å². The number of benzene rings is 1. The fraction of sp³-hybridized carbons (Fsp3) is 0.500. The molecule has 3 heterocycles. The van der Waals surface area contributed by atoms with Gasteiger partial charge in [0.1, 0.15) is 0 Å². The largest absolute Gasteiger partial charge is 0.493 e. The minimum atomic E-state index is -0.588. The Hall–Kier alpha value is -2.98. The lowest BCUT2D eigenvalue weighted by molar-refractivity contribution is -0.143. The maximum Gasteiger partial charge on any atom is 0.338 e. The van der Waals surface area contributed by atoms with Crippen molar-refractivity contribution in [3.05, 3.63) is 46.1 Å². The first-order chi connectivity index (χ1) is 17.2. The summed E-state index contributed by atoms with van der Waals surface area (Å²) in [4.78, 5) is 37.5. The molecule has 0 radical (unpaired) electrons. The molecule has 3 aliphatic rings. The second-order valence-electron chi connectivity index (χ2n) is 9.29. The number of allylic oxidation sites excluding steroid dienone is 1. The lowest BCUT2D eigenvalue weighted by Crippen LogP contribution is -2.47. The molecule has 194 valence electrons. The number of piperazine rings is 1. The van der Waals surface area contributed by atoms with Crippen LogP contribution in [0.2, 0.25) is 0 Å². The third-order valence-electron chi connectivity index (χ3n) is 6.48. The summed E-state index contributed by atoms with van der Waals surface area (Å²) in [5, 5.41) is 2.67. The van der Waals surface area contributed by atoms with Crippen molar-refractivity contribution in [2.45, 2.75) is 39.3 Å². The average molecular weight is 515 g/mol. The highest BCUT2D eigenvalue weighted by atomic mass is 32.2. The smallest absolute Gasteiger partial charge is 0.338 e. The normalized spacial score (nSPS) is 20.2. The van der Waals surface area contributed by atoms with Crippen LogP contribution in [0.5, 0.6) is 11.5 Å². The van der Waals surface area contributed by atoms with E-state index in [4.69, 9.17) is 19.2 Å². The number of fused-ring (bicyclic) bond motifs is 1. The number of methoxy groups -OCH3 is 2. The number of rotatable bonds is 7. The molecular weight excluding hydrogens is 480 g/mol. The number of para-hydroxylation sites is 1. The molecule has 1 saturated heterocycles. The van der Waals surface area contributed by atoms with Crippen molar-refractivity contribution in [2.24, 2.45) is 4.99 Å². The molecule has 0 spiro atoms. The summed E-state index contributed by atoms with van der Waals surface area (Å²) in [5.41, 5.74) is 2.52. The fourth-order valence-corrected chi connectivity index (χ4v) is 5.62. The Morgan fingerprint density at radius 1 is 1.14 bits per heavy atom. The van der Waals surface area contributed by atoms with Crippen LogP contribution in [-0.2, 0) is 14.3 Å². The molecule has 0 bridgehead atoms. The van der Waals surface area contributed by atoms with Crippen LogP contribution < -0.4 is 9.47 Å². The Bertz CT molecular complexity index is 1120. The molecule has 0 N–H and O–H groups in total. The quantitative estimate of drug-likeness (QED) is 0.512. The van der Waals surface area contributed by atoms with Crippen molar-refractivity contribution in [3.8, 4) is 11.5 Å². The molecule has 1 atom stereocenters. The topological polar surface area (TPSA) is 83.9 Å². The summed E-state index contributed by atoms with van der Waals surface area (Å²) in [6.07, 6.45) is -0.0813. The summed E-state index contributed by atoms with van der Waals surface area (Å²) in [5.74, 6) is 0.696. The van der Waals surface area contributed by atoms with Gasteiger partial charge >= 0.3 is 5.97 Å². The van der Waals surface area contributed by atoms with E-state index in [0.717, 1.165) is 24.4 Å². The van der Waals surface area contributed by atoms with Gasteiger partial charge in [0.05, 0.1) is 44.1 Å². The molecule has 0 saturated carbocycles. The van der Waals surface area contributed by atoms with Gasteiger partial charge in [-0.05, 0) is 39.3 Å². The van der Waals surface area contributed by atoms with Crippen molar-refractivity contribution in [2.75, 3.05) is 47.4 Å². The molecular formula is C26H34N4O5S. The number of likely N-dealkylation sites (N-methyl/N-ethyl adjacent to an activating group) is 1. The third kappa shape index (κ3) is 5.10. The van der Waals surface area contributed by atoms with Crippen LogP contribution in [0.1, 0.15) is 38.8 Å². The van der Waals surface area contributed by atoms with E-state index >= 15 is 0 Å². The van der Waals surface area contributed by atoms with Crippen LogP contribution in [0.15, 0.2) is 45.6 Å². The molecule has 1 unspecified atom stereocenters. The number of amides is 1. The second kappa shape index (κ2) is 11.0. The molecule has 1 amide bonds. The standard InChI is InChI=1S/C26H34N4O5S/c1-16(2)35-25(32)22-17(3)27-26-30(23(22)19-8-7-9-20(33-5)24(19)34-6)18(15-36-26)14-21(31)29-12-10-28(4)11-13-29/h7-9,15-16,23H,10-14H2,1-6H3. The number of aliphatic imine (C=N–C) groups is 1. The van der Waals surface area contributed by atoms with Gasteiger partial charge in [0.2, 0.25) is 5.91 Å². The average Bonchev–Trinajstić information content (AvgIpc) is 3.24. The summed E-state index contributed by atoms with van der Waals surface area (Å²) >= 11 is 1.45. The summed E-state index contributed by atoms with van der Waals surface area (Å²) in [6, 6.07) is 5.00. The monoisotopic (exact) mass is 514 g/mol. The summed E-state index contributed by atoms with van der Waals surface area (Å²) in [6.45, 7) is 8.56. The van der Waals surface area contributed by atoms with Crippen molar-refractivity contribution < 1.29 is 23.8 Å². The first-order valence-electron chi connectivity index (χ1n) is 12.1. The van der Waals surface area contributed by atoms with Crippen LogP contribution in [-0.4, -0.2) is 85.3 Å². The molecule has 9 nitrogen and oxygen atoms in total. The first-order valence-corrected chi connectivity index (χ1v) is 13.0. The number of carbonyl (C=O) groups excluding carboxylic acids is 2. The van der Waals surface area contributed by atoms with Crippen molar-refractivity contribution in [3.63, 3.8) is 0 Å². The molecule has 1 fully saturated rings. The zero-order valence-electron chi connectivity index (χ0n) is 21.7.